The quantitative estimate of drug-likeness (QED) is 0.553. The summed E-state index contributed by atoms with van der Waals surface area (Å²) in [7, 11) is 0. The van der Waals surface area contributed by atoms with Gasteiger partial charge in [-0.15, -0.1) is 11.6 Å². The van der Waals surface area contributed by atoms with Gasteiger partial charge in [0, 0.05) is 21.9 Å². The average molecular weight is 339 g/mol. The maximum Gasteiger partial charge on any atom is 0.0462 e. The van der Waals surface area contributed by atoms with E-state index < -0.39 is 0 Å². The summed E-state index contributed by atoms with van der Waals surface area (Å²) < 4.78 is 1.02. The lowest BCUT2D eigenvalue weighted by Crippen LogP contribution is -2.15. The number of benzene rings is 1. The van der Waals surface area contributed by atoms with E-state index in [9.17, 15) is 0 Å². The van der Waals surface area contributed by atoms with Gasteiger partial charge in [-0.3, -0.25) is 0 Å². The Morgan fingerprint density at radius 2 is 2.18 bits per heavy atom. The van der Waals surface area contributed by atoms with Gasteiger partial charge in [-0.1, -0.05) is 40.5 Å². The normalized spacial score (nSPS) is 12.7. The molecule has 0 aromatic heterocycles. The minimum atomic E-state index is 0.606. The minimum Gasteiger partial charge on any atom is -0.313 e. The fraction of sp³-hybridized carbons (Fsp3) is 0.538. The molecule has 1 N–H and O–H groups in total. The van der Waals surface area contributed by atoms with Crippen molar-refractivity contribution >= 4 is 39.1 Å². The Hall–Kier alpha value is 0.240. The number of halogens is 3. The Labute approximate surface area is 122 Å². The first-order valence-corrected chi connectivity index (χ1v) is 7.54. The van der Waals surface area contributed by atoms with Crippen molar-refractivity contribution in [3.63, 3.8) is 0 Å². The molecule has 1 aromatic carbocycles. The highest BCUT2D eigenvalue weighted by Crippen LogP contribution is 2.21. The molecule has 4 heteroatoms. The molecule has 0 spiro atoms. The second-order valence-corrected chi connectivity index (χ2v) is 5.95. The molecule has 96 valence electrons. The molecule has 1 atom stereocenters. The van der Waals surface area contributed by atoms with Gasteiger partial charge in [0.15, 0.2) is 0 Å². The molecule has 0 saturated carbocycles. The molecule has 0 aliphatic heterocycles. The summed E-state index contributed by atoms with van der Waals surface area (Å²) in [6, 6.07) is 5.98. The maximum absolute atomic E-state index is 6.13. The molecule has 1 nitrogen and oxygen atoms in total. The van der Waals surface area contributed by atoms with Crippen LogP contribution in [0.5, 0.6) is 0 Å². The van der Waals surface area contributed by atoms with E-state index in [1.54, 1.807) is 0 Å². The maximum atomic E-state index is 6.13. The van der Waals surface area contributed by atoms with Crippen LogP contribution in [-0.4, -0.2) is 12.4 Å². The molecule has 1 unspecified atom stereocenters. The van der Waals surface area contributed by atoms with Crippen LogP contribution in [0.4, 0.5) is 0 Å². The number of alkyl halides is 1. The molecular weight excluding hydrogens is 321 g/mol. The summed E-state index contributed by atoms with van der Waals surface area (Å²) in [6.07, 6.45) is 2.33. The van der Waals surface area contributed by atoms with Gasteiger partial charge < -0.3 is 5.32 Å². The van der Waals surface area contributed by atoms with Gasteiger partial charge in [0.25, 0.3) is 0 Å². The van der Waals surface area contributed by atoms with Crippen molar-refractivity contribution in [2.75, 3.05) is 12.4 Å². The van der Waals surface area contributed by atoms with Crippen LogP contribution in [-0.2, 0) is 6.54 Å². The van der Waals surface area contributed by atoms with Gasteiger partial charge in [-0.25, -0.2) is 0 Å². The zero-order chi connectivity index (χ0) is 12.7. The molecule has 17 heavy (non-hydrogen) atoms. The Bertz CT molecular complexity index is 344. The molecule has 0 fully saturated rings. The van der Waals surface area contributed by atoms with Crippen molar-refractivity contribution in [2.45, 2.75) is 26.3 Å². The molecule has 0 saturated heterocycles. The molecule has 1 rings (SSSR count). The third-order valence-electron chi connectivity index (χ3n) is 2.64. The summed E-state index contributed by atoms with van der Waals surface area (Å²) in [5.41, 5.74) is 1.14. The molecule has 0 aliphatic carbocycles. The van der Waals surface area contributed by atoms with Gasteiger partial charge in [-0.05, 0) is 43.0 Å². The summed E-state index contributed by atoms with van der Waals surface area (Å²) in [5, 5.41) is 4.21. The van der Waals surface area contributed by atoms with Crippen LogP contribution in [0.2, 0.25) is 5.02 Å². The van der Waals surface area contributed by atoms with Gasteiger partial charge >= 0.3 is 0 Å². The number of rotatable bonds is 7. The molecule has 0 radical (unpaired) electrons. The van der Waals surface area contributed by atoms with Crippen molar-refractivity contribution in [1.82, 2.24) is 5.32 Å². The number of nitrogens with one attached hydrogen (secondary N) is 1. The van der Waals surface area contributed by atoms with Gasteiger partial charge in [0.1, 0.15) is 0 Å². The van der Waals surface area contributed by atoms with Crippen molar-refractivity contribution in [2.24, 2.45) is 5.92 Å². The van der Waals surface area contributed by atoms with Crippen molar-refractivity contribution < 1.29 is 0 Å². The molecular formula is C13H18BrCl2N. The fourth-order valence-electron chi connectivity index (χ4n) is 1.54. The van der Waals surface area contributed by atoms with Gasteiger partial charge in [-0.2, -0.15) is 0 Å². The van der Waals surface area contributed by atoms with Crippen LogP contribution in [0, 0.1) is 5.92 Å². The smallest absolute Gasteiger partial charge is 0.0462 e. The first-order valence-electron chi connectivity index (χ1n) is 5.84. The molecule has 0 bridgehead atoms. The number of hydrogen-bond donors (Lipinski definition) is 1. The zero-order valence-corrected chi connectivity index (χ0v) is 13.1. The van der Waals surface area contributed by atoms with Crippen LogP contribution in [0.15, 0.2) is 22.7 Å². The second-order valence-electron chi connectivity index (χ2n) is 4.31. The lowest BCUT2D eigenvalue weighted by atomic mass is 10.1. The SMILES string of the molecule is CC(CCl)CCCNCc1ccc(Br)cc1Cl. The predicted molar refractivity (Wildman–Crippen MR) is 80.0 cm³/mol. The van der Waals surface area contributed by atoms with Gasteiger partial charge in [0.2, 0.25) is 0 Å². The van der Waals surface area contributed by atoms with Crippen LogP contribution in [0.25, 0.3) is 0 Å². The molecule has 1 aromatic rings. The first kappa shape index (κ1) is 15.3. The Morgan fingerprint density at radius 1 is 1.41 bits per heavy atom. The summed E-state index contributed by atoms with van der Waals surface area (Å²) >= 11 is 15.3. The standard InChI is InChI=1S/C13H18BrCl2N/c1-10(8-15)3-2-6-17-9-11-4-5-12(14)7-13(11)16/h4-5,7,10,17H,2-3,6,8-9H2,1H3. The monoisotopic (exact) mass is 337 g/mol. The topological polar surface area (TPSA) is 12.0 Å². The predicted octanol–water partition coefficient (Wildman–Crippen LogP) is 4.85. The van der Waals surface area contributed by atoms with Crippen LogP contribution in [0.3, 0.4) is 0 Å². The van der Waals surface area contributed by atoms with Crippen molar-refractivity contribution in [3.05, 3.63) is 33.3 Å². The van der Waals surface area contributed by atoms with E-state index >= 15 is 0 Å². The lowest BCUT2D eigenvalue weighted by Gasteiger charge is -2.09. The third kappa shape index (κ3) is 6.10. The van der Waals surface area contributed by atoms with E-state index in [0.717, 1.165) is 40.4 Å². The Balaban J connectivity index is 2.22. The minimum absolute atomic E-state index is 0.606. The summed E-state index contributed by atoms with van der Waals surface area (Å²) in [6.45, 7) is 4.01. The third-order valence-corrected chi connectivity index (χ3v) is 4.02. The zero-order valence-electron chi connectivity index (χ0n) is 9.98. The average Bonchev–Trinajstić information content (AvgIpc) is 2.30. The number of hydrogen-bond acceptors (Lipinski definition) is 1. The first-order chi connectivity index (χ1) is 8.13. The van der Waals surface area contributed by atoms with E-state index in [1.165, 1.54) is 6.42 Å². The fourth-order valence-corrected chi connectivity index (χ4v) is 2.44. The Morgan fingerprint density at radius 3 is 2.82 bits per heavy atom. The van der Waals surface area contributed by atoms with E-state index in [-0.39, 0.29) is 0 Å². The van der Waals surface area contributed by atoms with Gasteiger partial charge in [0.05, 0.1) is 0 Å². The lowest BCUT2D eigenvalue weighted by molar-refractivity contribution is 0.531. The van der Waals surface area contributed by atoms with Crippen LogP contribution >= 0.6 is 39.1 Å². The largest absolute Gasteiger partial charge is 0.313 e. The van der Waals surface area contributed by atoms with Crippen LogP contribution in [0.1, 0.15) is 25.3 Å². The van der Waals surface area contributed by atoms with Crippen LogP contribution < -0.4 is 5.32 Å². The van der Waals surface area contributed by atoms with E-state index in [4.69, 9.17) is 23.2 Å². The highest BCUT2D eigenvalue weighted by Gasteiger charge is 2.01. The molecule has 0 aliphatic rings. The summed E-state index contributed by atoms with van der Waals surface area (Å²) in [5.74, 6) is 1.35. The van der Waals surface area contributed by atoms with E-state index in [2.05, 4.69) is 28.2 Å². The van der Waals surface area contributed by atoms with E-state index in [0.29, 0.717) is 5.92 Å². The second kappa shape index (κ2) is 8.36. The Kier molecular flexibility index (Phi) is 7.52. The molecule has 0 amide bonds. The van der Waals surface area contributed by atoms with Crippen molar-refractivity contribution in [1.29, 1.82) is 0 Å². The van der Waals surface area contributed by atoms with E-state index in [1.807, 2.05) is 18.2 Å². The highest BCUT2D eigenvalue weighted by molar-refractivity contribution is 9.10. The molecule has 0 heterocycles. The summed E-state index contributed by atoms with van der Waals surface area (Å²) in [4.78, 5) is 0. The van der Waals surface area contributed by atoms with Crippen molar-refractivity contribution in [3.8, 4) is 0 Å². The highest BCUT2D eigenvalue weighted by atomic mass is 79.9.